The van der Waals surface area contributed by atoms with Crippen LogP contribution in [0.15, 0.2) is 18.2 Å². The Bertz CT molecular complexity index is 405. The van der Waals surface area contributed by atoms with Crippen LogP contribution in [0.1, 0.15) is 12.0 Å². The van der Waals surface area contributed by atoms with E-state index in [0.29, 0.717) is 12.2 Å². The Balaban J connectivity index is 2.02. The molecule has 1 aliphatic rings. The number of carbonyl (C=O) groups is 1. The van der Waals surface area contributed by atoms with Crippen molar-refractivity contribution in [2.75, 3.05) is 6.79 Å². The van der Waals surface area contributed by atoms with Crippen LogP contribution >= 0.6 is 0 Å². The number of hydrogen-bond acceptors (Lipinski definition) is 4. The average Bonchev–Trinajstić information content (AvgIpc) is 2.63. The number of ether oxygens (including phenoxy) is 2. The van der Waals surface area contributed by atoms with Crippen LogP contribution in [0, 0.1) is 0 Å². The molecule has 0 radical (unpaired) electrons. The molecule has 1 aliphatic heterocycles. The maximum Gasteiger partial charge on any atom is 0.304 e. The second-order valence-corrected chi connectivity index (χ2v) is 3.75. The molecule has 1 unspecified atom stereocenters. The summed E-state index contributed by atoms with van der Waals surface area (Å²) in [6.07, 6.45) is 0.484. The van der Waals surface area contributed by atoms with Gasteiger partial charge in [-0.3, -0.25) is 4.79 Å². The SMILES string of the molecule is NC(CC(=O)O)Cc1ccc2c(c1)OCO2. The van der Waals surface area contributed by atoms with Crippen LogP contribution in [0.5, 0.6) is 11.5 Å². The van der Waals surface area contributed by atoms with E-state index in [1.165, 1.54) is 0 Å². The summed E-state index contributed by atoms with van der Waals surface area (Å²) in [5.74, 6) is 0.531. The van der Waals surface area contributed by atoms with E-state index in [0.717, 1.165) is 11.3 Å². The number of carboxylic acid groups (broad SMARTS) is 1. The van der Waals surface area contributed by atoms with E-state index in [1.807, 2.05) is 18.2 Å². The zero-order valence-corrected chi connectivity index (χ0v) is 8.68. The van der Waals surface area contributed by atoms with Gasteiger partial charge >= 0.3 is 5.97 Å². The van der Waals surface area contributed by atoms with E-state index in [4.69, 9.17) is 20.3 Å². The minimum absolute atomic E-state index is 0.0333. The van der Waals surface area contributed by atoms with Gasteiger partial charge in [-0.25, -0.2) is 0 Å². The highest BCUT2D eigenvalue weighted by Crippen LogP contribution is 2.32. The van der Waals surface area contributed by atoms with E-state index < -0.39 is 5.97 Å². The van der Waals surface area contributed by atoms with Crippen molar-refractivity contribution in [3.8, 4) is 11.5 Å². The van der Waals surface area contributed by atoms with Crippen LogP contribution in [0.2, 0.25) is 0 Å². The van der Waals surface area contributed by atoms with Crippen LogP contribution in [-0.4, -0.2) is 23.9 Å². The fraction of sp³-hybridized carbons (Fsp3) is 0.364. The number of fused-ring (bicyclic) bond motifs is 1. The Morgan fingerprint density at radius 1 is 1.44 bits per heavy atom. The number of hydrogen-bond donors (Lipinski definition) is 2. The quantitative estimate of drug-likeness (QED) is 0.787. The van der Waals surface area contributed by atoms with Gasteiger partial charge in [0.1, 0.15) is 0 Å². The zero-order valence-electron chi connectivity index (χ0n) is 8.68. The summed E-state index contributed by atoms with van der Waals surface area (Å²) in [7, 11) is 0. The molecule has 2 rings (SSSR count). The molecular formula is C11H13NO4. The maximum atomic E-state index is 10.5. The molecule has 1 heterocycles. The minimum atomic E-state index is -0.881. The van der Waals surface area contributed by atoms with E-state index in [2.05, 4.69) is 0 Å². The molecule has 0 aromatic heterocycles. The van der Waals surface area contributed by atoms with Gasteiger partial charge in [0.05, 0.1) is 6.42 Å². The Morgan fingerprint density at radius 2 is 2.19 bits per heavy atom. The minimum Gasteiger partial charge on any atom is -0.481 e. The second-order valence-electron chi connectivity index (χ2n) is 3.75. The third-order valence-electron chi connectivity index (χ3n) is 2.37. The van der Waals surface area contributed by atoms with Gasteiger partial charge in [0.15, 0.2) is 11.5 Å². The molecule has 0 saturated carbocycles. The lowest BCUT2D eigenvalue weighted by atomic mass is 10.0. The van der Waals surface area contributed by atoms with E-state index in [1.54, 1.807) is 0 Å². The topological polar surface area (TPSA) is 81.8 Å². The van der Waals surface area contributed by atoms with Crippen molar-refractivity contribution in [3.05, 3.63) is 23.8 Å². The highest BCUT2D eigenvalue weighted by Gasteiger charge is 2.15. The maximum absolute atomic E-state index is 10.5. The molecule has 0 spiro atoms. The highest BCUT2D eigenvalue weighted by atomic mass is 16.7. The summed E-state index contributed by atoms with van der Waals surface area (Å²) in [6.45, 7) is 0.236. The first kappa shape index (κ1) is 10.8. The van der Waals surface area contributed by atoms with Crippen molar-refractivity contribution >= 4 is 5.97 Å². The van der Waals surface area contributed by atoms with E-state index in [9.17, 15) is 4.79 Å². The van der Waals surface area contributed by atoms with Gasteiger partial charge in [-0.1, -0.05) is 6.07 Å². The summed E-state index contributed by atoms with van der Waals surface area (Å²) in [5, 5.41) is 8.59. The van der Waals surface area contributed by atoms with Crippen molar-refractivity contribution in [2.45, 2.75) is 18.9 Å². The van der Waals surface area contributed by atoms with Crippen LogP contribution in [0.4, 0.5) is 0 Å². The molecule has 16 heavy (non-hydrogen) atoms. The molecule has 5 nitrogen and oxygen atoms in total. The van der Waals surface area contributed by atoms with E-state index in [-0.39, 0.29) is 19.3 Å². The lowest BCUT2D eigenvalue weighted by Crippen LogP contribution is -2.26. The Labute approximate surface area is 92.8 Å². The Kier molecular flexibility index (Phi) is 2.96. The monoisotopic (exact) mass is 223 g/mol. The number of benzene rings is 1. The standard InChI is InChI=1S/C11H13NO4/c12-8(5-11(13)14)3-7-1-2-9-10(4-7)16-6-15-9/h1-2,4,8H,3,5-6,12H2,(H,13,14). The number of aliphatic carboxylic acids is 1. The third kappa shape index (κ3) is 2.43. The zero-order chi connectivity index (χ0) is 11.5. The van der Waals surface area contributed by atoms with Crippen LogP contribution in [0.3, 0.4) is 0 Å². The number of rotatable bonds is 4. The lowest BCUT2D eigenvalue weighted by Gasteiger charge is -2.09. The third-order valence-corrected chi connectivity index (χ3v) is 2.37. The van der Waals surface area contributed by atoms with Crippen molar-refractivity contribution in [1.82, 2.24) is 0 Å². The molecule has 1 aromatic carbocycles. The fourth-order valence-electron chi connectivity index (χ4n) is 1.67. The van der Waals surface area contributed by atoms with Crippen molar-refractivity contribution in [2.24, 2.45) is 5.73 Å². The van der Waals surface area contributed by atoms with Crippen molar-refractivity contribution in [1.29, 1.82) is 0 Å². The van der Waals surface area contributed by atoms with Gasteiger partial charge < -0.3 is 20.3 Å². The first-order valence-electron chi connectivity index (χ1n) is 5.01. The van der Waals surface area contributed by atoms with Gasteiger partial charge in [-0.05, 0) is 24.1 Å². The molecule has 86 valence electrons. The van der Waals surface area contributed by atoms with Gasteiger partial charge in [0.2, 0.25) is 6.79 Å². The molecular weight excluding hydrogens is 210 g/mol. The van der Waals surface area contributed by atoms with Crippen molar-refractivity contribution in [3.63, 3.8) is 0 Å². The lowest BCUT2D eigenvalue weighted by molar-refractivity contribution is -0.137. The molecule has 0 amide bonds. The summed E-state index contributed by atoms with van der Waals surface area (Å²) in [5.41, 5.74) is 6.66. The van der Waals surface area contributed by atoms with Crippen LogP contribution in [-0.2, 0) is 11.2 Å². The molecule has 0 fully saturated rings. The van der Waals surface area contributed by atoms with Gasteiger partial charge in [-0.2, -0.15) is 0 Å². The summed E-state index contributed by atoms with van der Waals surface area (Å²) in [6, 6.07) is 5.14. The molecule has 0 saturated heterocycles. The first-order valence-corrected chi connectivity index (χ1v) is 5.01. The van der Waals surface area contributed by atoms with Gasteiger partial charge in [0.25, 0.3) is 0 Å². The average molecular weight is 223 g/mol. The normalized spacial score (nSPS) is 14.8. The predicted molar refractivity (Wildman–Crippen MR) is 56.5 cm³/mol. The molecule has 0 bridgehead atoms. The molecule has 1 atom stereocenters. The number of carboxylic acids is 1. The van der Waals surface area contributed by atoms with Crippen molar-refractivity contribution < 1.29 is 19.4 Å². The molecule has 5 heteroatoms. The summed E-state index contributed by atoms with van der Waals surface area (Å²) in [4.78, 5) is 10.5. The Morgan fingerprint density at radius 3 is 2.94 bits per heavy atom. The van der Waals surface area contributed by atoms with Crippen LogP contribution < -0.4 is 15.2 Å². The van der Waals surface area contributed by atoms with Gasteiger partial charge in [0, 0.05) is 6.04 Å². The second kappa shape index (κ2) is 4.40. The fourth-order valence-corrected chi connectivity index (χ4v) is 1.67. The largest absolute Gasteiger partial charge is 0.481 e. The Hall–Kier alpha value is -1.75. The van der Waals surface area contributed by atoms with Gasteiger partial charge in [-0.15, -0.1) is 0 Å². The highest BCUT2D eigenvalue weighted by molar-refractivity contribution is 5.67. The molecule has 3 N–H and O–H groups in total. The molecule has 1 aromatic rings. The smallest absolute Gasteiger partial charge is 0.304 e. The predicted octanol–water partition coefficient (Wildman–Crippen LogP) is 0.760. The molecule has 0 aliphatic carbocycles. The van der Waals surface area contributed by atoms with E-state index >= 15 is 0 Å². The first-order chi connectivity index (χ1) is 7.65. The number of nitrogens with two attached hydrogens (primary N) is 1. The summed E-state index contributed by atoms with van der Waals surface area (Å²) < 4.78 is 10.4. The summed E-state index contributed by atoms with van der Waals surface area (Å²) >= 11 is 0. The van der Waals surface area contributed by atoms with Crippen LogP contribution in [0.25, 0.3) is 0 Å².